The Labute approximate surface area is 98.0 Å². The number of hydrogen-bond acceptors (Lipinski definition) is 1. The molecule has 0 aliphatic carbocycles. The Kier molecular flexibility index (Phi) is 2.85. The van der Waals surface area contributed by atoms with Crippen molar-refractivity contribution in [2.45, 2.75) is 26.3 Å². The monoisotopic (exact) mass is 266 g/mol. The molecule has 2 nitrogen and oxygen atoms in total. The summed E-state index contributed by atoms with van der Waals surface area (Å²) in [6.07, 6.45) is 0.893. The number of nitrogens with one attached hydrogen (secondary N) is 1. The maximum Gasteiger partial charge on any atom is 0.0864 e. The molecule has 1 heterocycles. The molecule has 2 aromatic rings. The topological polar surface area (TPSA) is 41.8 Å². The summed E-state index contributed by atoms with van der Waals surface area (Å²) in [7, 11) is 0. The summed E-state index contributed by atoms with van der Waals surface area (Å²) in [6.45, 7) is 4.14. The number of H-pyrrole nitrogens is 1. The lowest BCUT2D eigenvalue weighted by Gasteiger charge is -2.04. The second-order valence-electron chi connectivity index (χ2n) is 4.10. The molecule has 0 radical (unpaired) electrons. The fourth-order valence-electron chi connectivity index (χ4n) is 1.91. The van der Waals surface area contributed by atoms with Crippen LogP contribution < -0.4 is 5.73 Å². The van der Waals surface area contributed by atoms with Gasteiger partial charge in [-0.1, -0.05) is 18.2 Å². The van der Waals surface area contributed by atoms with Gasteiger partial charge in [0.15, 0.2) is 0 Å². The number of nitrogens with two attached hydrogens (primary N) is 1. The summed E-state index contributed by atoms with van der Waals surface area (Å²) in [5, 5.41) is 1.28. The third-order valence-corrected chi connectivity index (χ3v) is 3.30. The van der Waals surface area contributed by atoms with E-state index in [4.69, 9.17) is 5.73 Å². The molecule has 1 aromatic heterocycles. The fourth-order valence-corrected chi connectivity index (χ4v) is 2.48. The van der Waals surface area contributed by atoms with Gasteiger partial charge in [-0.15, -0.1) is 0 Å². The van der Waals surface area contributed by atoms with Crippen LogP contribution >= 0.6 is 15.9 Å². The largest absolute Gasteiger partial charge is 0.349 e. The molecule has 1 unspecified atom stereocenters. The van der Waals surface area contributed by atoms with Crippen LogP contribution in [0.15, 0.2) is 22.8 Å². The first-order valence-corrected chi connectivity index (χ1v) is 5.90. The SMILES string of the molecule is Cc1cccc2c(CC(C)N)c(Br)[nH]c12. The summed E-state index contributed by atoms with van der Waals surface area (Å²) < 4.78 is 1.06. The van der Waals surface area contributed by atoms with Crippen molar-refractivity contribution < 1.29 is 0 Å². The van der Waals surface area contributed by atoms with Crippen LogP contribution in [0.1, 0.15) is 18.1 Å². The first-order chi connectivity index (χ1) is 7.09. The van der Waals surface area contributed by atoms with E-state index in [1.54, 1.807) is 0 Å². The molecular formula is C12H15BrN2. The maximum atomic E-state index is 5.85. The van der Waals surface area contributed by atoms with Gasteiger partial charge in [0.1, 0.15) is 0 Å². The highest BCUT2D eigenvalue weighted by Crippen LogP contribution is 2.29. The molecule has 3 N–H and O–H groups in total. The molecule has 0 fully saturated rings. The van der Waals surface area contributed by atoms with Gasteiger partial charge in [-0.3, -0.25) is 0 Å². The van der Waals surface area contributed by atoms with Crippen molar-refractivity contribution in [3.63, 3.8) is 0 Å². The third-order valence-electron chi connectivity index (χ3n) is 2.62. The van der Waals surface area contributed by atoms with Crippen molar-refractivity contribution in [3.8, 4) is 0 Å². The molecule has 0 bridgehead atoms. The first-order valence-electron chi connectivity index (χ1n) is 5.11. The van der Waals surface area contributed by atoms with E-state index in [1.165, 1.54) is 22.0 Å². The zero-order valence-electron chi connectivity index (χ0n) is 8.97. The van der Waals surface area contributed by atoms with Crippen LogP contribution in [-0.2, 0) is 6.42 Å². The number of rotatable bonds is 2. The molecule has 3 heteroatoms. The van der Waals surface area contributed by atoms with Crippen LogP contribution in [0.5, 0.6) is 0 Å². The normalized spacial score (nSPS) is 13.3. The highest BCUT2D eigenvalue weighted by molar-refractivity contribution is 9.10. The van der Waals surface area contributed by atoms with E-state index in [9.17, 15) is 0 Å². The predicted molar refractivity (Wildman–Crippen MR) is 68.1 cm³/mol. The fraction of sp³-hybridized carbons (Fsp3) is 0.333. The molecule has 1 atom stereocenters. The molecule has 0 spiro atoms. The molecule has 15 heavy (non-hydrogen) atoms. The van der Waals surface area contributed by atoms with Crippen LogP contribution in [0.3, 0.4) is 0 Å². The summed E-state index contributed by atoms with van der Waals surface area (Å²) in [5.41, 5.74) is 9.60. The van der Waals surface area contributed by atoms with Gasteiger partial charge in [0, 0.05) is 16.9 Å². The van der Waals surface area contributed by atoms with E-state index in [1.807, 2.05) is 6.92 Å². The Hall–Kier alpha value is -0.800. The number of halogens is 1. The summed E-state index contributed by atoms with van der Waals surface area (Å²) in [5.74, 6) is 0. The molecule has 80 valence electrons. The standard InChI is InChI=1S/C12H15BrN2/c1-7-4-3-5-9-10(6-8(2)14)12(13)15-11(7)9/h3-5,8,15H,6,14H2,1-2H3. The van der Waals surface area contributed by atoms with Crippen LogP contribution in [0.4, 0.5) is 0 Å². The van der Waals surface area contributed by atoms with Crippen LogP contribution in [-0.4, -0.2) is 11.0 Å². The van der Waals surface area contributed by atoms with E-state index >= 15 is 0 Å². The summed E-state index contributed by atoms with van der Waals surface area (Å²) in [4.78, 5) is 3.36. The lowest BCUT2D eigenvalue weighted by Crippen LogP contribution is -2.17. The molecule has 0 saturated heterocycles. The quantitative estimate of drug-likeness (QED) is 0.862. The van der Waals surface area contributed by atoms with Crippen molar-refractivity contribution in [1.29, 1.82) is 0 Å². The van der Waals surface area contributed by atoms with Crippen molar-refractivity contribution >= 4 is 26.8 Å². The Morgan fingerprint density at radius 1 is 1.47 bits per heavy atom. The Morgan fingerprint density at radius 3 is 2.87 bits per heavy atom. The van der Waals surface area contributed by atoms with Crippen molar-refractivity contribution in [2.24, 2.45) is 5.73 Å². The van der Waals surface area contributed by atoms with Gasteiger partial charge >= 0.3 is 0 Å². The molecule has 0 aliphatic heterocycles. The van der Waals surface area contributed by atoms with Gasteiger partial charge in [0.2, 0.25) is 0 Å². The number of fused-ring (bicyclic) bond motifs is 1. The minimum absolute atomic E-state index is 0.181. The van der Waals surface area contributed by atoms with Crippen molar-refractivity contribution in [3.05, 3.63) is 33.9 Å². The van der Waals surface area contributed by atoms with E-state index in [-0.39, 0.29) is 6.04 Å². The van der Waals surface area contributed by atoms with E-state index < -0.39 is 0 Å². The van der Waals surface area contributed by atoms with E-state index in [0.717, 1.165) is 11.0 Å². The van der Waals surface area contributed by atoms with Crippen molar-refractivity contribution in [1.82, 2.24) is 4.98 Å². The average molecular weight is 267 g/mol. The zero-order chi connectivity index (χ0) is 11.0. The maximum absolute atomic E-state index is 5.85. The number of hydrogen-bond donors (Lipinski definition) is 2. The Morgan fingerprint density at radius 2 is 2.20 bits per heavy atom. The Bertz CT molecular complexity index is 486. The van der Waals surface area contributed by atoms with E-state index in [0.29, 0.717) is 0 Å². The van der Waals surface area contributed by atoms with Crippen LogP contribution in [0, 0.1) is 6.92 Å². The summed E-state index contributed by atoms with van der Waals surface area (Å²) >= 11 is 3.56. The summed E-state index contributed by atoms with van der Waals surface area (Å²) in [6, 6.07) is 6.52. The van der Waals surface area contributed by atoms with Crippen LogP contribution in [0.25, 0.3) is 10.9 Å². The minimum atomic E-state index is 0.181. The van der Waals surface area contributed by atoms with E-state index in [2.05, 4.69) is 46.0 Å². The smallest absolute Gasteiger partial charge is 0.0864 e. The molecule has 2 rings (SSSR count). The highest BCUT2D eigenvalue weighted by Gasteiger charge is 2.11. The number of aromatic amines is 1. The van der Waals surface area contributed by atoms with Crippen LogP contribution in [0.2, 0.25) is 0 Å². The molecular weight excluding hydrogens is 252 g/mol. The van der Waals surface area contributed by atoms with Gasteiger partial charge in [0.05, 0.1) is 4.60 Å². The lowest BCUT2D eigenvalue weighted by molar-refractivity contribution is 0.739. The lowest BCUT2D eigenvalue weighted by atomic mass is 10.1. The molecule has 1 aromatic carbocycles. The second kappa shape index (κ2) is 3.99. The van der Waals surface area contributed by atoms with Gasteiger partial charge in [0.25, 0.3) is 0 Å². The zero-order valence-corrected chi connectivity index (χ0v) is 10.6. The van der Waals surface area contributed by atoms with Gasteiger partial charge < -0.3 is 10.7 Å². The number of para-hydroxylation sites is 1. The van der Waals surface area contributed by atoms with Crippen molar-refractivity contribution in [2.75, 3.05) is 0 Å². The molecule has 0 saturated carbocycles. The average Bonchev–Trinajstić information content (AvgIpc) is 2.45. The number of aryl methyl sites for hydroxylation is 1. The second-order valence-corrected chi connectivity index (χ2v) is 4.89. The third kappa shape index (κ3) is 1.94. The Balaban J connectivity index is 2.63. The molecule has 0 aliphatic rings. The highest BCUT2D eigenvalue weighted by atomic mass is 79.9. The number of aromatic nitrogens is 1. The van der Waals surface area contributed by atoms with Gasteiger partial charge in [-0.25, -0.2) is 0 Å². The predicted octanol–water partition coefficient (Wildman–Crippen LogP) is 3.13. The molecule has 0 amide bonds. The van der Waals surface area contributed by atoms with Gasteiger partial charge in [-0.05, 0) is 47.3 Å². The number of benzene rings is 1. The van der Waals surface area contributed by atoms with Gasteiger partial charge in [-0.2, -0.15) is 0 Å². The first kappa shape index (κ1) is 10.7. The minimum Gasteiger partial charge on any atom is -0.349 e.